The molecule has 1 amide bonds. The summed E-state index contributed by atoms with van der Waals surface area (Å²) in [6.45, 7) is 6.45. The summed E-state index contributed by atoms with van der Waals surface area (Å²) < 4.78 is 10.2. The second-order valence-electron chi connectivity index (χ2n) is 4.38. The van der Waals surface area contributed by atoms with E-state index in [9.17, 15) is 14.9 Å². The van der Waals surface area contributed by atoms with Gasteiger partial charge in [-0.3, -0.25) is 14.9 Å². The molecule has 0 aliphatic carbocycles. The first kappa shape index (κ1) is 16.6. The van der Waals surface area contributed by atoms with Gasteiger partial charge in [-0.05, 0) is 13.0 Å². The van der Waals surface area contributed by atoms with Crippen molar-refractivity contribution in [3.05, 3.63) is 46.0 Å². The zero-order chi connectivity index (χ0) is 15.8. The van der Waals surface area contributed by atoms with Crippen LogP contribution in [0.15, 0.2) is 30.4 Å². The van der Waals surface area contributed by atoms with E-state index in [0.717, 1.165) is 5.57 Å². The van der Waals surface area contributed by atoms with Gasteiger partial charge in [-0.25, -0.2) is 0 Å². The summed E-state index contributed by atoms with van der Waals surface area (Å²) in [7, 11) is 1.35. The number of amides is 1. The lowest BCUT2D eigenvalue weighted by Crippen LogP contribution is -2.28. The zero-order valence-electron chi connectivity index (χ0n) is 12.0. The lowest BCUT2D eigenvalue weighted by atomic mass is 10.1. The minimum Gasteiger partial charge on any atom is -0.496 e. The fraction of sp³-hybridized carbons (Fsp3) is 0.357. The Morgan fingerprint density at radius 3 is 2.76 bits per heavy atom. The van der Waals surface area contributed by atoms with Gasteiger partial charge in [0.25, 0.3) is 11.6 Å². The molecule has 0 saturated heterocycles. The van der Waals surface area contributed by atoms with Crippen LogP contribution in [0.25, 0.3) is 0 Å². The summed E-state index contributed by atoms with van der Waals surface area (Å²) in [5.41, 5.74) is 0.487. The molecule has 0 radical (unpaired) electrons. The molecule has 0 spiro atoms. The second-order valence-corrected chi connectivity index (χ2v) is 4.38. The Hall–Kier alpha value is -2.41. The van der Waals surface area contributed by atoms with E-state index in [1.807, 2.05) is 6.92 Å². The molecule has 0 unspecified atom stereocenters. The summed E-state index contributed by atoms with van der Waals surface area (Å²) in [6, 6.07) is 4.22. The fourth-order valence-electron chi connectivity index (χ4n) is 1.64. The molecular formula is C14H18N2O5. The molecule has 7 heteroatoms. The van der Waals surface area contributed by atoms with Gasteiger partial charge in [0.2, 0.25) is 0 Å². The van der Waals surface area contributed by atoms with Crippen molar-refractivity contribution in [2.75, 3.05) is 26.9 Å². The predicted molar refractivity (Wildman–Crippen MR) is 77.6 cm³/mol. The van der Waals surface area contributed by atoms with Crippen LogP contribution in [0.3, 0.4) is 0 Å². The number of methoxy groups -OCH3 is 1. The second kappa shape index (κ2) is 8.01. The molecule has 114 valence electrons. The zero-order valence-corrected chi connectivity index (χ0v) is 12.0. The number of carbonyl (C=O) groups is 1. The first-order valence-corrected chi connectivity index (χ1v) is 6.29. The van der Waals surface area contributed by atoms with Crippen LogP contribution in [0.4, 0.5) is 5.69 Å². The topological polar surface area (TPSA) is 90.7 Å². The highest BCUT2D eigenvalue weighted by atomic mass is 16.6. The number of nitro benzene ring substituents is 1. The number of nitro groups is 1. The number of hydrogen-bond acceptors (Lipinski definition) is 5. The largest absolute Gasteiger partial charge is 0.496 e. The maximum Gasteiger partial charge on any atom is 0.285 e. The van der Waals surface area contributed by atoms with Crippen LogP contribution in [0, 0.1) is 10.1 Å². The summed E-state index contributed by atoms with van der Waals surface area (Å²) in [5.74, 6) is -0.414. The quantitative estimate of drug-likeness (QED) is 0.342. The number of nitrogens with one attached hydrogen (secondary N) is 1. The third-order valence-corrected chi connectivity index (χ3v) is 2.53. The summed E-state index contributed by atoms with van der Waals surface area (Å²) in [5, 5.41) is 13.5. The minimum absolute atomic E-state index is 0.0927. The van der Waals surface area contributed by atoms with Crippen LogP contribution < -0.4 is 10.1 Å². The third-order valence-electron chi connectivity index (χ3n) is 2.53. The van der Waals surface area contributed by atoms with Crippen molar-refractivity contribution in [2.24, 2.45) is 0 Å². The van der Waals surface area contributed by atoms with Crippen molar-refractivity contribution < 1.29 is 19.2 Å². The molecular weight excluding hydrogens is 276 g/mol. The Balaban J connectivity index is 2.73. The molecule has 0 aliphatic rings. The van der Waals surface area contributed by atoms with Gasteiger partial charge in [-0.1, -0.05) is 18.2 Å². The number of hydrogen-bond donors (Lipinski definition) is 1. The predicted octanol–water partition coefficient (Wildman–Crippen LogP) is 1.93. The van der Waals surface area contributed by atoms with Crippen molar-refractivity contribution in [1.82, 2.24) is 5.32 Å². The maximum atomic E-state index is 12.1. The van der Waals surface area contributed by atoms with Gasteiger partial charge in [0, 0.05) is 12.6 Å². The molecule has 7 nitrogen and oxygen atoms in total. The van der Waals surface area contributed by atoms with E-state index < -0.39 is 10.8 Å². The van der Waals surface area contributed by atoms with Gasteiger partial charge in [0.1, 0.15) is 5.75 Å². The van der Waals surface area contributed by atoms with Gasteiger partial charge in [0.15, 0.2) is 5.56 Å². The van der Waals surface area contributed by atoms with E-state index in [1.165, 1.54) is 25.3 Å². The Bertz CT molecular complexity index is 542. The lowest BCUT2D eigenvalue weighted by molar-refractivity contribution is -0.385. The Morgan fingerprint density at radius 2 is 2.19 bits per heavy atom. The molecule has 0 aromatic heterocycles. The number of benzene rings is 1. The van der Waals surface area contributed by atoms with Crippen molar-refractivity contribution in [1.29, 1.82) is 0 Å². The first-order valence-electron chi connectivity index (χ1n) is 6.29. The lowest BCUT2D eigenvalue weighted by Gasteiger charge is -2.10. The van der Waals surface area contributed by atoms with Gasteiger partial charge in [0.05, 0.1) is 25.2 Å². The molecule has 1 N–H and O–H groups in total. The smallest absolute Gasteiger partial charge is 0.285 e. The van der Waals surface area contributed by atoms with Crippen LogP contribution in [-0.4, -0.2) is 37.7 Å². The van der Waals surface area contributed by atoms with Crippen molar-refractivity contribution in [3.63, 3.8) is 0 Å². The number of carbonyl (C=O) groups excluding carboxylic acids is 1. The number of rotatable bonds is 8. The van der Waals surface area contributed by atoms with E-state index in [0.29, 0.717) is 13.2 Å². The highest BCUT2D eigenvalue weighted by molar-refractivity contribution is 6.00. The SMILES string of the molecule is C=C(C)COCCNC(=O)c1c(OC)cccc1[N+](=O)[O-]. The molecule has 0 aliphatic heterocycles. The van der Waals surface area contributed by atoms with Crippen LogP contribution in [-0.2, 0) is 4.74 Å². The molecule has 0 bridgehead atoms. The van der Waals surface area contributed by atoms with Gasteiger partial charge in [-0.2, -0.15) is 0 Å². The van der Waals surface area contributed by atoms with Crippen molar-refractivity contribution in [3.8, 4) is 5.75 Å². The summed E-state index contributed by atoms with van der Waals surface area (Å²) >= 11 is 0. The van der Waals surface area contributed by atoms with E-state index in [4.69, 9.17) is 9.47 Å². The van der Waals surface area contributed by atoms with E-state index >= 15 is 0 Å². The molecule has 1 rings (SSSR count). The highest BCUT2D eigenvalue weighted by Gasteiger charge is 2.24. The first-order chi connectivity index (χ1) is 9.97. The van der Waals surface area contributed by atoms with E-state index in [2.05, 4.69) is 11.9 Å². The highest BCUT2D eigenvalue weighted by Crippen LogP contribution is 2.27. The molecule has 0 fully saturated rings. The van der Waals surface area contributed by atoms with Crippen molar-refractivity contribution in [2.45, 2.75) is 6.92 Å². The fourth-order valence-corrected chi connectivity index (χ4v) is 1.64. The van der Waals surface area contributed by atoms with E-state index in [-0.39, 0.29) is 23.5 Å². The Morgan fingerprint density at radius 1 is 1.48 bits per heavy atom. The van der Waals surface area contributed by atoms with Gasteiger partial charge >= 0.3 is 0 Å². The van der Waals surface area contributed by atoms with Crippen LogP contribution in [0.2, 0.25) is 0 Å². The monoisotopic (exact) mass is 294 g/mol. The molecule has 21 heavy (non-hydrogen) atoms. The normalized spacial score (nSPS) is 10.0. The molecule has 0 heterocycles. The Labute approximate surface area is 122 Å². The van der Waals surface area contributed by atoms with Crippen LogP contribution in [0.5, 0.6) is 5.75 Å². The third kappa shape index (κ3) is 4.88. The van der Waals surface area contributed by atoms with Gasteiger partial charge < -0.3 is 14.8 Å². The molecule has 0 atom stereocenters. The van der Waals surface area contributed by atoms with Crippen LogP contribution >= 0.6 is 0 Å². The molecule has 0 saturated carbocycles. The number of ether oxygens (including phenoxy) is 2. The molecule has 1 aromatic carbocycles. The molecule has 1 aromatic rings. The van der Waals surface area contributed by atoms with Crippen LogP contribution in [0.1, 0.15) is 17.3 Å². The maximum absolute atomic E-state index is 12.1. The standard InChI is InChI=1S/C14H18N2O5/c1-10(2)9-21-8-7-15-14(17)13-11(16(18)19)5-4-6-12(13)20-3/h4-6H,1,7-9H2,2-3H3,(H,15,17). The van der Waals surface area contributed by atoms with Gasteiger partial charge in [-0.15, -0.1) is 0 Å². The van der Waals surface area contributed by atoms with Crippen molar-refractivity contribution >= 4 is 11.6 Å². The van der Waals surface area contributed by atoms with E-state index in [1.54, 1.807) is 0 Å². The Kier molecular flexibility index (Phi) is 6.35. The average Bonchev–Trinajstić information content (AvgIpc) is 2.45. The number of nitrogens with zero attached hydrogens (tertiary/aromatic N) is 1. The summed E-state index contributed by atoms with van der Waals surface area (Å²) in [4.78, 5) is 22.4. The summed E-state index contributed by atoms with van der Waals surface area (Å²) in [6.07, 6.45) is 0. The average molecular weight is 294 g/mol. The minimum atomic E-state index is -0.616.